The number of carbonyl (C=O) groups excluding carboxylic acids is 1. The van der Waals surface area contributed by atoms with Crippen molar-refractivity contribution >= 4 is 11.6 Å². The van der Waals surface area contributed by atoms with Gasteiger partial charge in [0.15, 0.2) is 0 Å². The molecule has 0 aromatic heterocycles. The molecule has 0 aliphatic heterocycles. The highest BCUT2D eigenvalue weighted by Crippen LogP contribution is 2.17. The predicted octanol–water partition coefficient (Wildman–Crippen LogP) is 0.861. The van der Waals surface area contributed by atoms with E-state index in [9.17, 15) is 19.3 Å². The van der Waals surface area contributed by atoms with Gasteiger partial charge >= 0.3 is 0 Å². The van der Waals surface area contributed by atoms with E-state index >= 15 is 0 Å². The maximum Gasteiger partial charge on any atom is 0.270 e. The molecule has 1 unspecified atom stereocenters. The average Bonchev–Trinajstić information content (AvgIpc) is 2.39. The summed E-state index contributed by atoms with van der Waals surface area (Å²) in [6, 6.07) is 2.21. The monoisotopic (exact) mass is 286 g/mol. The molecule has 0 spiro atoms. The minimum atomic E-state index is -0.853. The third kappa shape index (κ3) is 4.25. The van der Waals surface area contributed by atoms with Gasteiger partial charge < -0.3 is 15.2 Å². The van der Waals surface area contributed by atoms with Gasteiger partial charge in [0, 0.05) is 25.8 Å². The maximum absolute atomic E-state index is 13.5. The van der Waals surface area contributed by atoms with Gasteiger partial charge in [0.05, 0.1) is 23.1 Å². The first-order valence-corrected chi connectivity index (χ1v) is 5.84. The van der Waals surface area contributed by atoms with Crippen LogP contribution >= 0.6 is 0 Å². The van der Waals surface area contributed by atoms with E-state index in [2.05, 4.69) is 5.32 Å². The van der Waals surface area contributed by atoms with Crippen LogP contribution in [0.3, 0.4) is 0 Å². The lowest BCUT2D eigenvalue weighted by atomic mass is 10.1. The summed E-state index contributed by atoms with van der Waals surface area (Å²) in [6.45, 7) is -0.0332. The van der Waals surface area contributed by atoms with Gasteiger partial charge in [-0.15, -0.1) is 0 Å². The molecule has 1 aromatic rings. The molecule has 110 valence electrons. The molecule has 0 saturated carbocycles. The fourth-order valence-electron chi connectivity index (χ4n) is 1.62. The number of rotatable bonds is 7. The molecule has 20 heavy (non-hydrogen) atoms. The van der Waals surface area contributed by atoms with Crippen molar-refractivity contribution in [2.24, 2.45) is 0 Å². The van der Waals surface area contributed by atoms with Gasteiger partial charge in [-0.3, -0.25) is 14.9 Å². The Kier molecular flexibility index (Phi) is 6.01. The number of hydrogen-bond acceptors (Lipinski definition) is 5. The number of aliphatic hydroxyl groups excluding tert-OH is 1. The van der Waals surface area contributed by atoms with Gasteiger partial charge in [-0.25, -0.2) is 4.39 Å². The number of nitrogens with one attached hydrogen (secondary N) is 1. The van der Waals surface area contributed by atoms with E-state index in [1.165, 1.54) is 7.11 Å². The number of ether oxygens (including phenoxy) is 1. The van der Waals surface area contributed by atoms with Crippen molar-refractivity contribution in [3.8, 4) is 0 Å². The zero-order valence-corrected chi connectivity index (χ0v) is 10.8. The molecule has 7 nitrogen and oxygen atoms in total. The summed E-state index contributed by atoms with van der Waals surface area (Å²) < 4.78 is 18.4. The fourth-order valence-corrected chi connectivity index (χ4v) is 1.62. The molecule has 0 heterocycles. The normalized spacial score (nSPS) is 11.9. The van der Waals surface area contributed by atoms with Gasteiger partial charge in [-0.05, 0) is 12.5 Å². The van der Waals surface area contributed by atoms with Crippen molar-refractivity contribution in [2.75, 3.05) is 20.3 Å². The second kappa shape index (κ2) is 7.51. The van der Waals surface area contributed by atoms with E-state index in [1.807, 2.05) is 0 Å². The second-order valence-electron chi connectivity index (χ2n) is 4.06. The van der Waals surface area contributed by atoms with Crippen LogP contribution in [0.4, 0.5) is 10.1 Å². The molecular weight excluding hydrogens is 271 g/mol. The minimum Gasteiger partial charge on any atom is -0.396 e. The van der Waals surface area contributed by atoms with Crippen LogP contribution in [0.2, 0.25) is 0 Å². The Labute approximate surface area is 114 Å². The van der Waals surface area contributed by atoms with E-state index in [0.717, 1.165) is 18.2 Å². The summed E-state index contributed by atoms with van der Waals surface area (Å²) in [5, 5.41) is 21.9. The van der Waals surface area contributed by atoms with E-state index in [1.54, 1.807) is 0 Å². The van der Waals surface area contributed by atoms with Crippen LogP contribution in [0.5, 0.6) is 0 Å². The Bertz CT molecular complexity index is 489. The molecule has 1 aromatic carbocycles. The molecule has 0 aliphatic rings. The molecule has 0 bridgehead atoms. The van der Waals surface area contributed by atoms with Crippen molar-refractivity contribution in [1.29, 1.82) is 0 Å². The Morgan fingerprint density at radius 2 is 2.30 bits per heavy atom. The molecule has 0 aliphatic carbocycles. The Morgan fingerprint density at radius 1 is 1.60 bits per heavy atom. The average molecular weight is 286 g/mol. The summed E-state index contributed by atoms with van der Waals surface area (Å²) in [6.07, 6.45) is 0.232. The standard InChI is InChI=1S/C12H15FN2O5/c1-20-7-8(4-5-16)14-12(17)10-6-9(15(18)19)2-3-11(10)13/h2-3,6,8,16H,4-5,7H2,1H3,(H,14,17). The van der Waals surface area contributed by atoms with Crippen LogP contribution in [-0.2, 0) is 4.74 Å². The molecule has 8 heteroatoms. The smallest absolute Gasteiger partial charge is 0.270 e. The molecule has 0 fully saturated rings. The predicted molar refractivity (Wildman–Crippen MR) is 67.9 cm³/mol. The van der Waals surface area contributed by atoms with Crippen molar-refractivity contribution in [3.05, 3.63) is 39.7 Å². The summed E-state index contributed by atoms with van der Waals surface area (Å²) in [7, 11) is 1.42. The maximum atomic E-state index is 13.5. The zero-order chi connectivity index (χ0) is 15.1. The quantitative estimate of drug-likeness (QED) is 0.572. The molecule has 1 rings (SSSR count). The SMILES string of the molecule is COCC(CCO)NC(=O)c1cc([N+](=O)[O-])ccc1F. The first-order valence-electron chi connectivity index (χ1n) is 5.84. The van der Waals surface area contributed by atoms with Crippen LogP contribution in [0, 0.1) is 15.9 Å². The Hall–Kier alpha value is -2.06. The van der Waals surface area contributed by atoms with Crippen molar-refractivity contribution < 1.29 is 24.0 Å². The number of methoxy groups -OCH3 is 1. The molecular formula is C12H15FN2O5. The number of benzene rings is 1. The van der Waals surface area contributed by atoms with E-state index < -0.39 is 28.3 Å². The van der Waals surface area contributed by atoms with Crippen molar-refractivity contribution in [2.45, 2.75) is 12.5 Å². The number of halogens is 1. The number of nitro benzene ring substituents is 1. The fraction of sp³-hybridized carbons (Fsp3) is 0.417. The third-order valence-electron chi connectivity index (χ3n) is 2.59. The van der Waals surface area contributed by atoms with Gasteiger partial charge in [0.2, 0.25) is 0 Å². The largest absolute Gasteiger partial charge is 0.396 e. The molecule has 1 amide bonds. The number of nitrogens with zero attached hydrogens (tertiary/aromatic N) is 1. The number of hydrogen-bond donors (Lipinski definition) is 2. The van der Waals surface area contributed by atoms with E-state index in [4.69, 9.17) is 9.84 Å². The highest BCUT2D eigenvalue weighted by atomic mass is 19.1. The van der Waals surface area contributed by atoms with Crippen LogP contribution < -0.4 is 5.32 Å². The molecule has 0 radical (unpaired) electrons. The first kappa shape index (κ1) is 16.0. The molecule has 2 N–H and O–H groups in total. The van der Waals surface area contributed by atoms with E-state index in [-0.39, 0.29) is 25.3 Å². The number of aliphatic hydroxyl groups is 1. The lowest BCUT2D eigenvalue weighted by Gasteiger charge is -2.16. The Balaban J connectivity index is 2.90. The summed E-state index contributed by atoms with van der Waals surface area (Å²) >= 11 is 0. The van der Waals surface area contributed by atoms with Crippen LogP contribution in [0.15, 0.2) is 18.2 Å². The second-order valence-corrected chi connectivity index (χ2v) is 4.06. The third-order valence-corrected chi connectivity index (χ3v) is 2.59. The summed E-state index contributed by atoms with van der Waals surface area (Å²) in [4.78, 5) is 21.8. The van der Waals surface area contributed by atoms with E-state index in [0.29, 0.717) is 0 Å². The van der Waals surface area contributed by atoms with Crippen LogP contribution in [-0.4, -0.2) is 42.3 Å². The van der Waals surface area contributed by atoms with Gasteiger partial charge in [-0.1, -0.05) is 0 Å². The topological polar surface area (TPSA) is 102 Å². The lowest BCUT2D eigenvalue weighted by molar-refractivity contribution is -0.384. The number of non-ortho nitro benzene ring substituents is 1. The first-order chi connectivity index (χ1) is 9.49. The summed E-state index contributed by atoms with van der Waals surface area (Å²) in [5.41, 5.74) is -0.791. The zero-order valence-electron chi connectivity index (χ0n) is 10.8. The lowest BCUT2D eigenvalue weighted by Crippen LogP contribution is -2.39. The van der Waals surface area contributed by atoms with Gasteiger partial charge in [-0.2, -0.15) is 0 Å². The molecule has 1 atom stereocenters. The van der Waals surface area contributed by atoms with Crippen LogP contribution in [0.1, 0.15) is 16.8 Å². The minimum absolute atomic E-state index is 0.142. The summed E-state index contributed by atoms with van der Waals surface area (Å²) in [5.74, 6) is -1.64. The highest BCUT2D eigenvalue weighted by Gasteiger charge is 2.19. The highest BCUT2D eigenvalue weighted by molar-refractivity contribution is 5.95. The number of amides is 1. The molecule has 0 saturated heterocycles. The number of nitro groups is 1. The number of carbonyl (C=O) groups is 1. The van der Waals surface area contributed by atoms with Gasteiger partial charge in [0.1, 0.15) is 5.82 Å². The Morgan fingerprint density at radius 3 is 2.85 bits per heavy atom. The van der Waals surface area contributed by atoms with Gasteiger partial charge in [0.25, 0.3) is 11.6 Å². The van der Waals surface area contributed by atoms with Crippen molar-refractivity contribution in [1.82, 2.24) is 5.32 Å². The van der Waals surface area contributed by atoms with Crippen molar-refractivity contribution in [3.63, 3.8) is 0 Å². The van der Waals surface area contributed by atoms with Crippen LogP contribution in [0.25, 0.3) is 0 Å².